The molecule has 2 nitrogen and oxygen atoms in total. The van der Waals surface area contributed by atoms with Crippen molar-refractivity contribution in [2.75, 3.05) is 6.54 Å². The average Bonchev–Trinajstić information content (AvgIpc) is 2.85. The van der Waals surface area contributed by atoms with Crippen molar-refractivity contribution in [3.05, 3.63) is 58.2 Å². The SMILES string of the molecule is CCCNC1c2ccccc2CC1Sc1ccc(Br)cn1. The Labute approximate surface area is 138 Å². The van der Waals surface area contributed by atoms with Crippen LogP contribution in [0.5, 0.6) is 0 Å². The van der Waals surface area contributed by atoms with Crippen LogP contribution in [0.4, 0.5) is 0 Å². The molecule has 1 aromatic carbocycles. The monoisotopic (exact) mass is 362 g/mol. The molecule has 2 unspecified atom stereocenters. The zero-order valence-corrected chi connectivity index (χ0v) is 14.5. The molecule has 0 saturated carbocycles. The molecule has 0 spiro atoms. The van der Waals surface area contributed by atoms with E-state index in [0.29, 0.717) is 11.3 Å². The average molecular weight is 363 g/mol. The molecule has 0 aliphatic heterocycles. The van der Waals surface area contributed by atoms with Crippen LogP contribution in [0.15, 0.2) is 52.1 Å². The van der Waals surface area contributed by atoms with E-state index in [2.05, 4.69) is 69.6 Å². The van der Waals surface area contributed by atoms with Gasteiger partial charge in [0.15, 0.2) is 0 Å². The van der Waals surface area contributed by atoms with Crippen LogP contribution in [-0.2, 0) is 6.42 Å². The molecule has 2 aromatic rings. The predicted octanol–water partition coefficient (Wildman–Crippen LogP) is 4.60. The van der Waals surface area contributed by atoms with Crippen molar-refractivity contribution in [1.29, 1.82) is 0 Å². The number of hydrogen-bond donors (Lipinski definition) is 1. The van der Waals surface area contributed by atoms with Gasteiger partial charge in [-0.3, -0.25) is 0 Å². The second kappa shape index (κ2) is 6.95. The number of nitrogens with zero attached hydrogens (tertiary/aromatic N) is 1. The van der Waals surface area contributed by atoms with Gasteiger partial charge in [-0.05, 0) is 58.6 Å². The number of thioether (sulfide) groups is 1. The summed E-state index contributed by atoms with van der Waals surface area (Å²) in [5, 5.41) is 5.32. The van der Waals surface area contributed by atoms with Crippen LogP contribution in [0.1, 0.15) is 30.5 Å². The zero-order chi connectivity index (χ0) is 14.7. The quantitative estimate of drug-likeness (QED) is 0.840. The number of aromatic nitrogens is 1. The normalized spacial score (nSPS) is 20.5. The van der Waals surface area contributed by atoms with Crippen LogP contribution < -0.4 is 5.32 Å². The fourth-order valence-electron chi connectivity index (χ4n) is 2.80. The highest BCUT2D eigenvalue weighted by Gasteiger charge is 2.32. The standard InChI is InChI=1S/C17H19BrN2S/c1-2-9-19-17-14-6-4-3-5-12(14)10-15(17)21-16-8-7-13(18)11-20-16/h3-8,11,15,17,19H,2,9-10H2,1H3. The lowest BCUT2D eigenvalue weighted by atomic mass is 10.1. The van der Waals surface area contributed by atoms with Crippen molar-refractivity contribution in [3.8, 4) is 0 Å². The van der Waals surface area contributed by atoms with E-state index in [1.807, 2.05) is 18.0 Å². The highest BCUT2D eigenvalue weighted by atomic mass is 79.9. The molecule has 1 aliphatic carbocycles. The Morgan fingerprint density at radius 1 is 1.29 bits per heavy atom. The van der Waals surface area contributed by atoms with Gasteiger partial charge in [-0.25, -0.2) is 4.98 Å². The molecule has 1 aromatic heterocycles. The Morgan fingerprint density at radius 3 is 2.90 bits per heavy atom. The minimum Gasteiger partial charge on any atom is -0.309 e. The zero-order valence-electron chi connectivity index (χ0n) is 12.1. The molecular weight excluding hydrogens is 344 g/mol. The lowest BCUT2D eigenvalue weighted by molar-refractivity contribution is 0.538. The third kappa shape index (κ3) is 3.50. The number of pyridine rings is 1. The lowest BCUT2D eigenvalue weighted by Crippen LogP contribution is -2.27. The van der Waals surface area contributed by atoms with Crippen molar-refractivity contribution in [2.24, 2.45) is 0 Å². The first-order chi connectivity index (χ1) is 10.3. The minimum atomic E-state index is 0.427. The molecule has 1 heterocycles. The van der Waals surface area contributed by atoms with Crippen molar-refractivity contribution in [2.45, 2.75) is 36.1 Å². The largest absolute Gasteiger partial charge is 0.309 e. The molecular formula is C17H19BrN2S. The minimum absolute atomic E-state index is 0.427. The summed E-state index contributed by atoms with van der Waals surface area (Å²) >= 11 is 5.32. The number of nitrogens with one attached hydrogen (secondary N) is 1. The number of benzene rings is 1. The van der Waals surface area contributed by atoms with Crippen LogP contribution in [0.2, 0.25) is 0 Å². The van der Waals surface area contributed by atoms with Gasteiger partial charge in [0, 0.05) is 22.0 Å². The van der Waals surface area contributed by atoms with E-state index in [1.165, 1.54) is 11.1 Å². The van der Waals surface area contributed by atoms with E-state index in [1.54, 1.807) is 0 Å². The molecule has 110 valence electrons. The van der Waals surface area contributed by atoms with Crippen LogP contribution >= 0.6 is 27.7 Å². The van der Waals surface area contributed by atoms with Crippen LogP contribution in [0.3, 0.4) is 0 Å². The van der Waals surface area contributed by atoms with Gasteiger partial charge in [0.2, 0.25) is 0 Å². The first-order valence-corrected chi connectivity index (χ1v) is 9.04. The van der Waals surface area contributed by atoms with Gasteiger partial charge in [-0.2, -0.15) is 0 Å². The summed E-state index contributed by atoms with van der Waals surface area (Å²) in [5.74, 6) is 0. The van der Waals surface area contributed by atoms with Crippen LogP contribution in [0.25, 0.3) is 0 Å². The van der Waals surface area contributed by atoms with Gasteiger partial charge in [-0.15, -0.1) is 11.8 Å². The van der Waals surface area contributed by atoms with Crippen molar-refractivity contribution in [3.63, 3.8) is 0 Å². The van der Waals surface area contributed by atoms with Crippen LogP contribution in [0, 0.1) is 0 Å². The fraction of sp³-hybridized carbons (Fsp3) is 0.353. The van der Waals surface area contributed by atoms with Crippen molar-refractivity contribution in [1.82, 2.24) is 10.3 Å². The Balaban J connectivity index is 1.79. The molecule has 21 heavy (non-hydrogen) atoms. The summed E-state index contributed by atoms with van der Waals surface area (Å²) in [5.41, 5.74) is 2.93. The molecule has 0 radical (unpaired) electrons. The molecule has 3 rings (SSSR count). The molecule has 0 bridgehead atoms. The second-order valence-corrected chi connectivity index (χ2v) is 7.48. The maximum absolute atomic E-state index is 4.51. The Hall–Kier alpha value is -0.840. The Morgan fingerprint density at radius 2 is 2.14 bits per heavy atom. The maximum atomic E-state index is 4.51. The highest BCUT2D eigenvalue weighted by Crippen LogP contribution is 2.40. The third-order valence-electron chi connectivity index (χ3n) is 3.77. The van der Waals surface area contributed by atoms with Crippen LogP contribution in [-0.4, -0.2) is 16.8 Å². The van der Waals surface area contributed by atoms with Crippen molar-refractivity contribution < 1.29 is 0 Å². The molecule has 1 N–H and O–H groups in total. The second-order valence-electron chi connectivity index (χ2n) is 5.31. The Bertz CT molecular complexity index is 600. The number of fused-ring (bicyclic) bond motifs is 1. The lowest BCUT2D eigenvalue weighted by Gasteiger charge is -2.21. The van der Waals surface area contributed by atoms with Gasteiger partial charge in [-0.1, -0.05) is 31.2 Å². The summed E-state index contributed by atoms with van der Waals surface area (Å²) in [6, 6.07) is 13.4. The van der Waals surface area contributed by atoms with Gasteiger partial charge >= 0.3 is 0 Å². The molecule has 0 saturated heterocycles. The number of halogens is 1. The number of rotatable bonds is 5. The van der Waals surface area contributed by atoms with Crippen molar-refractivity contribution >= 4 is 27.7 Å². The van der Waals surface area contributed by atoms with E-state index in [9.17, 15) is 0 Å². The fourth-order valence-corrected chi connectivity index (χ4v) is 4.24. The summed E-state index contributed by atoms with van der Waals surface area (Å²) in [7, 11) is 0. The first-order valence-electron chi connectivity index (χ1n) is 7.37. The predicted molar refractivity (Wildman–Crippen MR) is 92.8 cm³/mol. The van der Waals surface area contributed by atoms with Gasteiger partial charge in [0.1, 0.15) is 0 Å². The van der Waals surface area contributed by atoms with E-state index in [4.69, 9.17) is 0 Å². The van der Waals surface area contributed by atoms with E-state index in [0.717, 1.165) is 28.9 Å². The topological polar surface area (TPSA) is 24.9 Å². The van der Waals surface area contributed by atoms with E-state index < -0.39 is 0 Å². The molecule has 0 amide bonds. The van der Waals surface area contributed by atoms with Gasteiger partial charge < -0.3 is 5.32 Å². The smallest absolute Gasteiger partial charge is 0.0964 e. The number of hydrogen-bond acceptors (Lipinski definition) is 3. The summed E-state index contributed by atoms with van der Waals surface area (Å²) in [6.45, 7) is 3.27. The summed E-state index contributed by atoms with van der Waals surface area (Å²) < 4.78 is 1.03. The first kappa shape index (κ1) is 15.1. The maximum Gasteiger partial charge on any atom is 0.0964 e. The molecule has 1 aliphatic rings. The third-order valence-corrected chi connectivity index (χ3v) is 5.46. The van der Waals surface area contributed by atoms with Gasteiger partial charge in [0.05, 0.1) is 5.03 Å². The van der Waals surface area contributed by atoms with E-state index >= 15 is 0 Å². The van der Waals surface area contributed by atoms with Gasteiger partial charge in [0.25, 0.3) is 0 Å². The molecule has 0 fully saturated rings. The molecule has 2 atom stereocenters. The summed E-state index contributed by atoms with van der Waals surface area (Å²) in [4.78, 5) is 4.51. The summed E-state index contributed by atoms with van der Waals surface area (Å²) in [6.07, 6.45) is 4.14. The highest BCUT2D eigenvalue weighted by molar-refractivity contribution is 9.10. The Kier molecular flexibility index (Phi) is 4.99. The van der Waals surface area contributed by atoms with E-state index in [-0.39, 0.29) is 0 Å². The molecule has 4 heteroatoms.